The molecular formula is C18H23NO4S. The second-order valence-corrected chi connectivity index (χ2v) is 9.17. The number of hydrogen-bond donors (Lipinski definition) is 0. The van der Waals surface area contributed by atoms with Gasteiger partial charge in [0.2, 0.25) is 10.0 Å². The summed E-state index contributed by atoms with van der Waals surface area (Å²) in [7, 11) is -3.60. The van der Waals surface area contributed by atoms with E-state index in [-0.39, 0.29) is 22.1 Å². The molecule has 1 aromatic rings. The first-order chi connectivity index (χ1) is 11.5. The highest BCUT2D eigenvalue weighted by molar-refractivity contribution is 7.89. The first-order valence-electron chi connectivity index (χ1n) is 8.71. The number of fused-ring (bicyclic) bond motifs is 2. The maximum absolute atomic E-state index is 13.2. The Labute approximate surface area is 143 Å². The average Bonchev–Trinajstić information content (AvgIpc) is 3.14. The van der Waals surface area contributed by atoms with Gasteiger partial charge in [-0.05, 0) is 30.4 Å². The van der Waals surface area contributed by atoms with Crippen molar-refractivity contribution in [1.29, 1.82) is 0 Å². The predicted octanol–water partition coefficient (Wildman–Crippen LogP) is 2.47. The molecule has 0 N–H and O–H groups in total. The van der Waals surface area contributed by atoms with Gasteiger partial charge in [-0.15, -0.1) is 0 Å². The predicted molar refractivity (Wildman–Crippen MR) is 89.3 cm³/mol. The average molecular weight is 349 g/mol. The number of nitrogens with zero attached hydrogens (tertiary/aromatic N) is 1. The van der Waals surface area contributed by atoms with Crippen LogP contribution in [0.4, 0.5) is 0 Å². The molecule has 2 saturated heterocycles. The van der Waals surface area contributed by atoms with E-state index in [1.54, 1.807) is 29.4 Å². The molecule has 0 radical (unpaired) electrons. The first-order valence-corrected chi connectivity index (χ1v) is 10.1. The number of hydrogen-bond acceptors (Lipinski definition) is 4. The van der Waals surface area contributed by atoms with Gasteiger partial charge in [-0.3, -0.25) is 4.79 Å². The molecular weight excluding hydrogens is 326 g/mol. The molecule has 4 rings (SSSR count). The van der Waals surface area contributed by atoms with Gasteiger partial charge in [0.1, 0.15) is 0 Å². The van der Waals surface area contributed by atoms with Crippen LogP contribution in [0.15, 0.2) is 29.2 Å². The minimum absolute atomic E-state index is 0.0361. The second kappa shape index (κ2) is 5.64. The SMILES string of the molecule is CCC(=O)c1cccc(S(=O)(=O)N2CC3(CCC3)[C@H]3COC[C@@H]32)c1. The number of carbonyl (C=O) groups excluding carboxylic acids is 1. The zero-order valence-electron chi connectivity index (χ0n) is 13.9. The Morgan fingerprint density at radius 2 is 2.12 bits per heavy atom. The summed E-state index contributed by atoms with van der Waals surface area (Å²) >= 11 is 0. The van der Waals surface area contributed by atoms with Crippen LogP contribution in [0.5, 0.6) is 0 Å². The van der Waals surface area contributed by atoms with Crippen LogP contribution >= 0.6 is 0 Å². The lowest BCUT2D eigenvalue weighted by atomic mass is 9.62. The lowest BCUT2D eigenvalue weighted by molar-refractivity contribution is 0.0601. The zero-order valence-corrected chi connectivity index (χ0v) is 14.7. The van der Waals surface area contributed by atoms with Crippen LogP contribution in [0.3, 0.4) is 0 Å². The molecule has 1 saturated carbocycles. The third-order valence-corrected chi connectivity index (χ3v) is 7.98. The van der Waals surface area contributed by atoms with E-state index in [4.69, 9.17) is 4.74 Å². The van der Waals surface area contributed by atoms with E-state index in [1.165, 1.54) is 12.5 Å². The van der Waals surface area contributed by atoms with E-state index in [0.29, 0.717) is 37.7 Å². The maximum Gasteiger partial charge on any atom is 0.243 e. The van der Waals surface area contributed by atoms with Crippen molar-refractivity contribution in [3.05, 3.63) is 29.8 Å². The summed E-state index contributed by atoms with van der Waals surface area (Å²) in [5, 5.41) is 0. The number of sulfonamides is 1. The van der Waals surface area contributed by atoms with Gasteiger partial charge in [-0.2, -0.15) is 4.31 Å². The first kappa shape index (κ1) is 16.2. The number of carbonyl (C=O) groups is 1. The van der Waals surface area contributed by atoms with Gasteiger partial charge in [0.25, 0.3) is 0 Å². The van der Waals surface area contributed by atoms with Crippen molar-refractivity contribution in [2.45, 2.75) is 43.5 Å². The van der Waals surface area contributed by atoms with E-state index >= 15 is 0 Å². The van der Waals surface area contributed by atoms with Gasteiger partial charge in [0.05, 0.1) is 24.2 Å². The Morgan fingerprint density at radius 3 is 2.79 bits per heavy atom. The van der Waals surface area contributed by atoms with E-state index in [9.17, 15) is 13.2 Å². The highest BCUT2D eigenvalue weighted by Gasteiger charge is 2.60. The van der Waals surface area contributed by atoms with Gasteiger partial charge in [0, 0.05) is 24.4 Å². The molecule has 6 heteroatoms. The molecule has 2 atom stereocenters. The molecule has 5 nitrogen and oxygen atoms in total. The van der Waals surface area contributed by atoms with Gasteiger partial charge in [-0.25, -0.2) is 8.42 Å². The van der Waals surface area contributed by atoms with Crippen LogP contribution in [0.2, 0.25) is 0 Å². The van der Waals surface area contributed by atoms with Gasteiger partial charge < -0.3 is 4.74 Å². The molecule has 0 unspecified atom stereocenters. The number of rotatable bonds is 4. The van der Waals surface area contributed by atoms with Crippen molar-refractivity contribution < 1.29 is 17.9 Å². The Morgan fingerprint density at radius 1 is 1.33 bits per heavy atom. The molecule has 2 aliphatic heterocycles. The fourth-order valence-corrected chi connectivity index (χ4v) is 6.34. The molecule has 2 heterocycles. The molecule has 1 spiro atoms. The summed E-state index contributed by atoms with van der Waals surface area (Å²) in [6.45, 7) is 3.54. The number of ketones is 1. The zero-order chi connectivity index (χ0) is 16.9. The Bertz CT molecular complexity index is 769. The Kier molecular flexibility index (Phi) is 3.82. The molecule has 130 valence electrons. The van der Waals surface area contributed by atoms with Crippen molar-refractivity contribution in [2.75, 3.05) is 19.8 Å². The summed E-state index contributed by atoms with van der Waals surface area (Å²) < 4.78 is 33.7. The number of Topliss-reactive ketones (excluding diaryl/α,β-unsaturated/α-hetero) is 1. The molecule has 1 aliphatic carbocycles. The second-order valence-electron chi connectivity index (χ2n) is 7.28. The van der Waals surface area contributed by atoms with E-state index in [2.05, 4.69) is 0 Å². The lowest BCUT2D eigenvalue weighted by Crippen LogP contribution is -2.39. The summed E-state index contributed by atoms with van der Waals surface area (Å²) in [4.78, 5) is 12.2. The monoisotopic (exact) mass is 349 g/mol. The quantitative estimate of drug-likeness (QED) is 0.784. The van der Waals surface area contributed by atoms with Crippen molar-refractivity contribution in [1.82, 2.24) is 4.31 Å². The number of benzene rings is 1. The molecule has 1 aromatic carbocycles. The van der Waals surface area contributed by atoms with E-state index in [0.717, 1.165) is 12.8 Å². The van der Waals surface area contributed by atoms with E-state index in [1.807, 2.05) is 0 Å². The molecule has 24 heavy (non-hydrogen) atoms. The lowest BCUT2D eigenvalue weighted by Gasteiger charge is -2.42. The highest BCUT2D eigenvalue weighted by atomic mass is 32.2. The summed E-state index contributed by atoms with van der Waals surface area (Å²) in [5.41, 5.74) is 0.584. The minimum Gasteiger partial charge on any atom is -0.379 e. The summed E-state index contributed by atoms with van der Waals surface area (Å²) in [6.07, 6.45) is 3.74. The third-order valence-electron chi connectivity index (χ3n) is 6.11. The van der Waals surface area contributed by atoms with Crippen LogP contribution in [0, 0.1) is 11.3 Å². The van der Waals surface area contributed by atoms with Crippen molar-refractivity contribution >= 4 is 15.8 Å². The van der Waals surface area contributed by atoms with Crippen LogP contribution < -0.4 is 0 Å². The van der Waals surface area contributed by atoms with Gasteiger partial charge in [-0.1, -0.05) is 25.5 Å². The standard InChI is InChI=1S/C18H23NO4S/c1-2-17(20)13-5-3-6-14(9-13)24(21,22)19-12-18(7-4-8-18)15-10-23-11-16(15)19/h3,5-6,9,15-16H,2,4,7-8,10-12H2,1H3/t15-,16-/m0/s1. The maximum atomic E-state index is 13.2. The minimum atomic E-state index is -3.60. The fraction of sp³-hybridized carbons (Fsp3) is 0.611. The van der Waals surface area contributed by atoms with Crippen LogP contribution in [0.25, 0.3) is 0 Å². The van der Waals surface area contributed by atoms with Crippen LogP contribution in [-0.2, 0) is 14.8 Å². The normalized spacial score (nSPS) is 28.7. The smallest absolute Gasteiger partial charge is 0.243 e. The molecule has 0 bridgehead atoms. The fourth-order valence-electron chi connectivity index (χ4n) is 4.55. The Balaban J connectivity index is 1.69. The Hall–Kier alpha value is -1.24. The van der Waals surface area contributed by atoms with E-state index < -0.39 is 10.0 Å². The summed E-state index contributed by atoms with van der Waals surface area (Å²) in [6, 6.07) is 6.41. The topological polar surface area (TPSA) is 63.7 Å². The highest BCUT2D eigenvalue weighted by Crippen LogP contribution is 2.56. The molecule has 0 amide bonds. The van der Waals surface area contributed by atoms with Crippen molar-refractivity contribution in [3.8, 4) is 0 Å². The number of ether oxygens (including phenoxy) is 1. The summed E-state index contributed by atoms with van der Waals surface area (Å²) in [5.74, 6) is 0.285. The van der Waals surface area contributed by atoms with Gasteiger partial charge >= 0.3 is 0 Å². The third kappa shape index (κ3) is 2.27. The molecule has 3 aliphatic rings. The van der Waals surface area contributed by atoms with Crippen molar-refractivity contribution in [2.24, 2.45) is 11.3 Å². The molecule has 0 aromatic heterocycles. The largest absolute Gasteiger partial charge is 0.379 e. The molecule has 3 fully saturated rings. The van der Waals surface area contributed by atoms with Crippen LogP contribution in [0.1, 0.15) is 43.0 Å². The van der Waals surface area contributed by atoms with Gasteiger partial charge in [0.15, 0.2) is 5.78 Å². The van der Waals surface area contributed by atoms with Crippen molar-refractivity contribution in [3.63, 3.8) is 0 Å². The van der Waals surface area contributed by atoms with Crippen LogP contribution in [-0.4, -0.2) is 44.3 Å².